The molecule has 0 saturated carbocycles. The second-order valence-corrected chi connectivity index (χ2v) is 29.8. The first kappa shape index (κ1) is 51.3. The number of para-hydroxylation sites is 2. The number of aryl methyl sites for hydroxylation is 1. The van der Waals surface area contributed by atoms with Crippen LogP contribution in [0.5, 0.6) is 0 Å². The highest BCUT2D eigenvalue weighted by Gasteiger charge is 2.50. The Hall–Kier alpha value is -6.20. The van der Waals surface area contributed by atoms with Gasteiger partial charge in [0, 0.05) is 45.2 Å². The molecule has 5 heteroatoms. The van der Waals surface area contributed by atoms with Crippen LogP contribution in [0.1, 0.15) is 182 Å². The fraction of sp³-hybridized carbons (Fsp3) is 0.425. The van der Waals surface area contributed by atoms with Crippen molar-refractivity contribution in [3.05, 3.63) is 172 Å². The van der Waals surface area contributed by atoms with E-state index in [1.165, 1.54) is 103 Å². The van der Waals surface area contributed by atoms with E-state index in [1.54, 1.807) is 11.1 Å². The van der Waals surface area contributed by atoms with Gasteiger partial charge in [0.15, 0.2) is 0 Å². The lowest BCUT2D eigenvalue weighted by Crippen LogP contribution is -2.62. The Kier molecular flexibility index (Phi) is 11.1. The quantitative estimate of drug-likeness (QED) is 0.160. The summed E-state index contributed by atoms with van der Waals surface area (Å²) in [6, 6.07) is 45.2. The molecule has 3 heterocycles. The zero-order chi connectivity index (χ0) is 55.0. The van der Waals surface area contributed by atoms with Crippen molar-refractivity contribution in [3.63, 3.8) is 0 Å². The summed E-state index contributed by atoms with van der Waals surface area (Å²) in [7, 11) is 0. The van der Waals surface area contributed by atoms with Crippen molar-refractivity contribution in [2.75, 3.05) is 14.7 Å². The van der Waals surface area contributed by atoms with Crippen LogP contribution < -0.4 is 31.3 Å². The van der Waals surface area contributed by atoms with Gasteiger partial charge in [0.2, 0.25) is 0 Å². The largest absolute Gasteiger partial charge is 0.468 e. The number of hydrogen-bond acceptors (Lipinski definition) is 4. The Balaban J connectivity index is 1.12. The summed E-state index contributed by atoms with van der Waals surface area (Å²) >= 11 is 0. The summed E-state index contributed by atoms with van der Waals surface area (Å²) < 4.78 is 7.77. The lowest BCUT2D eigenvalue weighted by atomic mass is 9.35. The van der Waals surface area contributed by atoms with Crippen LogP contribution in [-0.4, -0.2) is 12.8 Å². The van der Waals surface area contributed by atoms with Crippen LogP contribution in [0.25, 0.3) is 11.0 Å². The highest BCUT2D eigenvalue weighted by Crippen LogP contribution is 2.57. The second kappa shape index (κ2) is 16.9. The fourth-order valence-electron chi connectivity index (χ4n) is 15.5. The predicted molar refractivity (Wildman–Crippen MR) is 334 cm³/mol. The predicted octanol–water partition coefficient (Wildman–Crippen LogP) is 18.4. The molecule has 1 aromatic heterocycles. The van der Waals surface area contributed by atoms with Gasteiger partial charge in [-0.2, -0.15) is 0 Å². The second-order valence-electron chi connectivity index (χ2n) is 29.8. The summed E-state index contributed by atoms with van der Waals surface area (Å²) in [5.41, 5.74) is 26.3. The molecule has 78 heavy (non-hydrogen) atoms. The minimum Gasteiger partial charge on any atom is -0.468 e. The zero-order valence-corrected chi connectivity index (χ0v) is 50.0. The van der Waals surface area contributed by atoms with E-state index < -0.39 is 0 Å². The molecule has 0 radical (unpaired) electrons. The lowest BCUT2D eigenvalue weighted by molar-refractivity contribution is 0.256. The van der Waals surface area contributed by atoms with Crippen molar-refractivity contribution < 1.29 is 4.42 Å². The van der Waals surface area contributed by atoms with Crippen molar-refractivity contribution in [2.24, 2.45) is 10.8 Å². The number of hydrogen-bond donors (Lipinski definition) is 0. The van der Waals surface area contributed by atoms with Gasteiger partial charge >= 0.3 is 0 Å². The van der Waals surface area contributed by atoms with Crippen LogP contribution in [0.4, 0.5) is 45.5 Å². The minimum atomic E-state index is -0.153. The zero-order valence-electron chi connectivity index (χ0n) is 50.0. The van der Waals surface area contributed by atoms with E-state index in [9.17, 15) is 0 Å². The number of fused-ring (bicyclic) bond motifs is 8. The van der Waals surface area contributed by atoms with Gasteiger partial charge in [0.1, 0.15) is 5.58 Å². The van der Waals surface area contributed by atoms with Crippen LogP contribution in [0.15, 0.2) is 143 Å². The summed E-state index contributed by atoms with van der Waals surface area (Å²) in [6.45, 7) is 38.8. The third kappa shape index (κ3) is 7.73. The monoisotopic (exact) mass is 1030 g/mol. The van der Waals surface area contributed by atoms with Crippen LogP contribution in [0, 0.1) is 17.8 Å². The van der Waals surface area contributed by atoms with Gasteiger partial charge in [-0.1, -0.05) is 170 Å². The van der Waals surface area contributed by atoms with Gasteiger partial charge in [-0.25, -0.2) is 0 Å². The van der Waals surface area contributed by atoms with Gasteiger partial charge in [-0.05, 0) is 206 Å². The van der Waals surface area contributed by atoms with Gasteiger partial charge < -0.3 is 19.1 Å². The summed E-state index contributed by atoms with van der Waals surface area (Å²) in [5.74, 6) is 0. The van der Waals surface area contributed by atoms with Crippen LogP contribution >= 0.6 is 0 Å². The van der Waals surface area contributed by atoms with Crippen LogP contribution in [-0.2, 0) is 27.1 Å². The Morgan fingerprint density at radius 2 is 1.17 bits per heavy atom. The summed E-state index contributed by atoms with van der Waals surface area (Å²) in [6.07, 6.45) is 13.1. The van der Waals surface area contributed by atoms with E-state index >= 15 is 0 Å². The SMILES string of the molecule is Cc1cc2c3c(c1)N(C1C=CC4=C(C1)C(C)(C)CCC4(C)C)c1cc(N(c4ccccc4)c4ccccc4C(C)(C)C)ccc1B3c1oc3cc4c(cc3c1N2c1ccc2c(c1)C(C)(C)CCC2(C)C)C(C)(C)CCC4(C)C. The average molecular weight is 1030 g/mol. The van der Waals surface area contributed by atoms with E-state index in [4.69, 9.17) is 4.42 Å². The van der Waals surface area contributed by atoms with Crippen molar-refractivity contribution in [2.45, 2.75) is 189 Å². The van der Waals surface area contributed by atoms with Gasteiger partial charge in [0.25, 0.3) is 6.71 Å². The fourth-order valence-corrected chi connectivity index (χ4v) is 15.5. The van der Waals surface area contributed by atoms with Crippen molar-refractivity contribution in [1.82, 2.24) is 0 Å². The molecule has 0 saturated heterocycles. The van der Waals surface area contributed by atoms with E-state index in [-0.39, 0.29) is 50.7 Å². The highest BCUT2D eigenvalue weighted by molar-refractivity contribution is 6.99. The van der Waals surface area contributed by atoms with Crippen molar-refractivity contribution >= 4 is 79.8 Å². The molecule has 400 valence electrons. The molecule has 6 aliphatic rings. The molecule has 0 N–H and O–H groups in total. The maximum Gasteiger partial charge on any atom is 0.297 e. The number of anilines is 8. The van der Waals surface area contributed by atoms with E-state index in [0.29, 0.717) is 0 Å². The molecule has 13 rings (SSSR count). The van der Waals surface area contributed by atoms with Crippen molar-refractivity contribution in [3.8, 4) is 0 Å². The highest BCUT2D eigenvalue weighted by atomic mass is 16.3. The molecule has 0 spiro atoms. The van der Waals surface area contributed by atoms with Gasteiger partial charge in [0.05, 0.1) is 17.4 Å². The first-order valence-corrected chi connectivity index (χ1v) is 29.7. The molecule has 4 nitrogen and oxygen atoms in total. The van der Waals surface area contributed by atoms with Crippen LogP contribution in [0.2, 0.25) is 0 Å². The smallest absolute Gasteiger partial charge is 0.297 e. The van der Waals surface area contributed by atoms with Gasteiger partial charge in [-0.15, -0.1) is 0 Å². The number of allylic oxidation sites excluding steroid dienone is 2. The molecule has 4 aliphatic carbocycles. The van der Waals surface area contributed by atoms with Crippen molar-refractivity contribution in [1.29, 1.82) is 0 Å². The lowest BCUT2D eigenvalue weighted by Gasteiger charge is -2.49. The molecule has 0 amide bonds. The molecule has 2 aliphatic heterocycles. The molecule has 7 aromatic rings. The van der Waals surface area contributed by atoms with E-state index in [0.717, 1.165) is 48.3 Å². The Labute approximate surface area is 468 Å². The molecule has 6 aromatic carbocycles. The first-order chi connectivity index (χ1) is 36.7. The molecule has 0 bridgehead atoms. The summed E-state index contributed by atoms with van der Waals surface area (Å²) in [5, 5.41) is 1.21. The molecule has 0 fully saturated rings. The minimum absolute atomic E-state index is 0.0291. The number of nitrogens with zero attached hydrogens (tertiary/aromatic N) is 3. The van der Waals surface area contributed by atoms with E-state index in [1.807, 2.05) is 0 Å². The van der Waals surface area contributed by atoms with Crippen LogP contribution in [0.3, 0.4) is 0 Å². The first-order valence-electron chi connectivity index (χ1n) is 29.7. The maximum atomic E-state index is 7.77. The molecular formula is C73H84BN3O. The molecule has 1 unspecified atom stereocenters. The average Bonchev–Trinajstić information content (AvgIpc) is 2.93. The number of rotatable bonds is 5. The molecule has 1 atom stereocenters. The maximum absolute atomic E-state index is 7.77. The summed E-state index contributed by atoms with van der Waals surface area (Å²) in [4.78, 5) is 7.96. The Morgan fingerprint density at radius 3 is 1.86 bits per heavy atom. The normalized spacial score (nSPS) is 21.5. The Bertz CT molecular complexity index is 3700. The topological polar surface area (TPSA) is 22.9 Å². The third-order valence-corrected chi connectivity index (χ3v) is 20.6. The number of benzene rings is 6. The Morgan fingerprint density at radius 1 is 0.564 bits per heavy atom. The van der Waals surface area contributed by atoms with E-state index in [2.05, 4.69) is 253 Å². The standard InChI is InChI=1S/C73H84BN3O/c1-45-38-61-64-62(39-45)77(48-27-30-52-55(41-48)71(11,12)35-33-69(52,7)8)65-50-43-56-57(73(15,16)37-36-72(56,13)14)44-63(50)78-66(65)74(64)58-31-28-49(75(46-22-18-17-19-23-46)59-25-21-20-24-53(59)67(2,3)4)42-60(58)76(61)47-26-29-51-54(40-47)70(9,10)34-32-68(51,5)6/h17-31,38-39,41-44,47H,32-37,40H2,1-16H3. The molecular weight excluding hydrogens is 946 g/mol. The third-order valence-electron chi connectivity index (χ3n) is 20.6. The number of furan rings is 1. The van der Waals surface area contributed by atoms with Gasteiger partial charge in [-0.3, -0.25) is 0 Å².